The Bertz CT molecular complexity index is 960. The Morgan fingerprint density at radius 2 is 2.16 bits per heavy atom. The average molecular weight is 431 g/mol. The van der Waals surface area contributed by atoms with Crippen molar-refractivity contribution in [1.82, 2.24) is 25.2 Å². The summed E-state index contributed by atoms with van der Waals surface area (Å²) >= 11 is 0. The van der Waals surface area contributed by atoms with Crippen LogP contribution < -0.4 is 10.2 Å². The van der Waals surface area contributed by atoms with Gasteiger partial charge >= 0.3 is 0 Å². The quantitative estimate of drug-likeness (QED) is 0.600. The molecule has 1 unspecified atom stereocenters. The summed E-state index contributed by atoms with van der Waals surface area (Å²) in [5.41, 5.74) is 0.904. The first-order chi connectivity index (χ1) is 14.8. The van der Waals surface area contributed by atoms with Gasteiger partial charge in [-0.3, -0.25) is 9.59 Å². The van der Waals surface area contributed by atoms with E-state index >= 15 is 0 Å². The van der Waals surface area contributed by atoms with Crippen LogP contribution in [0.3, 0.4) is 0 Å². The molecular weight excluding hydrogens is 400 g/mol. The number of hydrogen-bond acceptors (Lipinski definition) is 7. The highest BCUT2D eigenvalue weighted by molar-refractivity contribution is 6.04. The van der Waals surface area contributed by atoms with Crippen molar-refractivity contribution < 1.29 is 19.1 Å². The van der Waals surface area contributed by atoms with E-state index in [0.29, 0.717) is 55.4 Å². The maximum Gasteiger partial charge on any atom is 0.255 e. The van der Waals surface area contributed by atoms with E-state index in [1.165, 1.54) is 6.08 Å². The van der Waals surface area contributed by atoms with Gasteiger partial charge in [0.05, 0.1) is 30.5 Å². The minimum Gasteiger partial charge on any atom is -0.383 e. The van der Waals surface area contributed by atoms with Gasteiger partial charge in [0.25, 0.3) is 5.91 Å². The second kappa shape index (κ2) is 9.44. The molecule has 0 saturated carbocycles. The Balaban J connectivity index is 1.87. The molecule has 1 fully saturated rings. The van der Waals surface area contributed by atoms with Gasteiger partial charge in [-0.2, -0.15) is 0 Å². The molecular formula is C21H30N6O4. The number of nitrogens with one attached hydrogen (secondary N) is 2. The van der Waals surface area contributed by atoms with Crippen molar-refractivity contribution in [2.24, 2.45) is 0 Å². The number of carbonyl (C=O) groups is 2. The van der Waals surface area contributed by atoms with Gasteiger partial charge in [0, 0.05) is 46.1 Å². The van der Waals surface area contributed by atoms with Crippen LogP contribution in [0.15, 0.2) is 25.0 Å². The van der Waals surface area contributed by atoms with Crippen LogP contribution in [-0.2, 0) is 14.3 Å². The Labute approximate surface area is 181 Å². The number of hydrogen-bond donors (Lipinski definition) is 2. The van der Waals surface area contributed by atoms with E-state index in [4.69, 9.17) is 14.5 Å². The molecule has 1 aliphatic rings. The summed E-state index contributed by atoms with van der Waals surface area (Å²) < 4.78 is 10.5. The lowest BCUT2D eigenvalue weighted by molar-refractivity contribution is -0.134. The standard InChI is InChI=1S/C21H30N6O4/c1-6-17(28)27-8-7-26(12-21(27,3)13-31-5)16-10-23-19-18(25-16)15(9-22-19)20(29)24-14(2)11-30-4/h6,9-10,14H,1,7-8,11-13H2,2-5H3,(H,22,23)(H,24,29)/t14-,21?/m1/s1. The van der Waals surface area contributed by atoms with Gasteiger partial charge in [-0.15, -0.1) is 0 Å². The number of amides is 2. The maximum atomic E-state index is 12.7. The number of ether oxygens (including phenoxy) is 2. The number of carbonyl (C=O) groups excluding carboxylic acids is 2. The Hall–Kier alpha value is -2.98. The number of H-pyrrole nitrogens is 1. The molecule has 168 valence electrons. The fourth-order valence-corrected chi connectivity index (χ4v) is 3.98. The van der Waals surface area contributed by atoms with E-state index in [9.17, 15) is 9.59 Å². The second-order valence-electron chi connectivity index (χ2n) is 8.00. The van der Waals surface area contributed by atoms with Crippen molar-refractivity contribution in [2.45, 2.75) is 25.4 Å². The van der Waals surface area contributed by atoms with Crippen LogP contribution in [0, 0.1) is 0 Å². The van der Waals surface area contributed by atoms with Crippen molar-refractivity contribution in [2.75, 3.05) is 52.0 Å². The van der Waals surface area contributed by atoms with Gasteiger partial charge in [-0.1, -0.05) is 6.58 Å². The molecule has 1 aliphatic heterocycles. The van der Waals surface area contributed by atoms with Crippen LogP contribution in [0.25, 0.3) is 11.2 Å². The second-order valence-corrected chi connectivity index (χ2v) is 8.00. The van der Waals surface area contributed by atoms with E-state index in [1.54, 1.807) is 31.5 Å². The molecule has 2 aromatic heterocycles. The van der Waals surface area contributed by atoms with Crippen molar-refractivity contribution in [3.05, 3.63) is 30.6 Å². The first-order valence-electron chi connectivity index (χ1n) is 10.1. The number of rotatable bonds is 8. The van der Waals surface area contributed by atoms with Crippen LogP contribution >= 0.6 is 0 Å². The molecule has 10 nitrogen and oxygen atoms in total. The molecule has 3 heterocycles. The van der Waals surface area contributed by atoms with Crippen molar-refractivity contribution in [3.8, 4) is 0 Å². The fourth-order valence-electron chi connectivity index (χ4n) is 3.98. The lowest BCUT2D eigenvalue weighted by atomic mass is 9.96. The zero-order valence-electron chi connectivity index (χ0n) is 18.5. The predicted octanol–water partition coefficient (Wildman–Crippen LogP) is 0.962. The van der Waals surface area contributed by atoms with E-state index in [2.05, 4.69) is 26.8 Å². The molecule has 0 bridgehead atoms. The summed E-state index contributed by atoms with van der Waals surface area (Å²) in [6.45, 7) is 9.82. The first kappa shape index (κ1) is 22.7. The zero-order chi connectivity index (χ0) is 22.6. The van der Waals surface area contributed by atoms with Crippen LogP contribution in [0.5, 0.6) is 0 Å². The smallest absolute Gasteiger partial charge is 0.255 e. The third-order valence-corrected chi connectivity index (χ3v) is 5.40. The number of anilines is 1. The van der Waals surface area contributed by atoms with Gasteiger partial charge in [-0.05, 0) is 19.9 Å². The molecule has 2 atom stereocenters. The Morgan fingerprint density at radius 1 is 1.39 bits per heavy atom. The van der Waals surface area contributed by atoms with Crippen LogP contribution in [0.2, 0.25) is 0 Å². The van der Waals surface area contributed by atoms with Gasteiger partial charge in [0.15, 0.2) is 5.65 Å². The molecule has 3 rings (SSSR count). The van der Waals surface area contributed by atoms with Gasteiger partial charge in [0.2, 0.25) is 5.91 Å². The molecule has 2 aromatic rings. The van der Waals surface area contributed by atoms with Crippen molar-refractivity contribution in [1.29, 1.82) is 0 Å². The molecule has 2 N–H and O–H groups in total. The molecule has 0 spiro atoms. The van der Waals surface area contributed by atoms with Crippen LogP contribution in [0.4, 0.5) is 5.82 Å². The molecule has 0 aliphatic carbocycles. The third kappa shape index (κ3) is 4.70. The monoisotopic (exact) mass is 430 g/mol. The summed E-state index contributed by atoms with van der Waals surface area (Å²) in [5, 5.41) is 2.89. The summed E-state index contributed by atoms with van der Waals surface area (Å²) in [5.74, 6) is 0.266. The highest BCUT2D eigenvalue weighted by Crippen LogP contribution is 2.27. The SMILES string of the molecule is C=CC(=O)N1CCN(c2cnc3[nH]cc(C(=O)N[C@H](C)COC)c3n2)CC1(C)COC. The average Bonchev–Trinajstić information content (AvgIpc) is 3.16. The van der Waals surface area contributed by atoms with Gasteiger partial charge in [0.1, 0.15) is 11.3 Å². The molecule has 31 heavy (non-hydrogen) atoms. The van der Waals surface area contributed by atoms with Crippen molar-refractivity contribution in [3.63, 3.8) is 0 Å². The Morgan fingerprint density at radius 3 is 2.84 bits per heavy atom. The third-order valence-electron chi connectivity index (χ3n) is 5.40. The molecule has 2 amide bonds. The summed E-state index contributed by atoms with van der Waals surface area (Å²) in [7, 11) is 3.20. The van der Waals surface area contributed by atoms with Gasteiger partial charge < -0.3 is 29.6 Å². The molecule has 0 aromatic carbocycles. The number of aromatic amines is 1. The number of piperazine rings is 1. The summed E-state index contributed by atoms with van der Waals surface area (Å²) in [4.78, 5) is 41.0. The zero-order valence-corrected chi connectivity index (χ0v) is 18.5. The predicted molar refractivity (Wildman–Crippen MR) is 117 cm³/mol. The first-order valence-corrected chi connectivity index (χ1v) is 10.1. The topological polar surface area (TPSA) is 113 Å². The fraction of sp³-hybridized carbons (Fsp3) is 0.524. The van der Waals surface area contributed by atoms with Crippen LogP contribution in [0.1, 0.15) is 24.2 Å². The highest BCUT2D eigenvalue weighted by atomic mass is 16.5. The van der Waals surface area contributed by atoms with E-state index in [-0.39, 0.29) is 17.9 Å². The molecule has 1 saturated heterocycles. The van der Waals surface area contributed by atoms with Crippen LogP contribution in [-0.4, -0.2) is 90.3 Å². The minimum atomic E-state index is -0.553. The Kier molecular flexibility index (Phi) is 6.91. The van der Waals surface area contributed by atoms with E-state index < -0.39 is 5.54 Å². The number of aromatic nitrogens is 3. The van der Waals surface area contributed by atoms with E-state index in [0.717, 1.165) is 0 Å². The van der Waals surface area contributed by atoms with Gasteiger partial charge in [-0.25, -0.2) is 9.97 Å². The minimum absolute atomic E-state index is 0.129. The molecule has 0 radical (unpaired) electrons. The number of methoxy groups -OCH3 is 2. The largest absolute Gasteiger partial charge is 0.383 e. The number of nitrogens with zero attached hydrogens (tertiary/aromatic N) is 4. The summed E-state index contributed by atoms with van der Waals surface area (Å²) in [6.07, 6.45) is 4.61. The van der Waals surface area contributed by atoms with Crippen molar-refractivity contribution >= 4 is 28.8 Å². The maximum absolute atomic E-state index is 12.7. The molecule has 10 heteroatoms. The number of fused-ring (bicyclic) bond motifs is 1. The highest BCUT2D eigenvalue weighted by Gasteiger charge is 2.40. The summed E-state index contributed by atoms with van der Waals surface area (Å²) in [6, 6.07) is -0.135. The van der Waals surface area contributed by atoms with E-state index in [1.807, 2.05) is 13.8 Å². The lowest BCUT2D eigenvalue weighted by Crippen LogP contribution is -2.64. The lowest BCUT2D eigenvalue weighted by Gasteiger charge is -2.48. The normalized spacial score (nSPS) is 20.0.